The second kappa shape index (κ2) is 6.45. The smallest absolute Gasteiger partial charge is 0.254 e. The third-order valence-corrected chi connectivity index (χ3v) is 4.98. The van der Waals surface area contributed by atoms with Gasteiger partial charge in [-0.25, -0.2) is 0 Å². The van der Waals surface area contributed by atoms with Gasteiger partial charge in [0.15, 0.2) is 0 Å². The van der Waals surface area contributed by atoms with Gasteiger partial charge in [0, 0.05) is 17.2 Å². The number of aromatic nitrogens is 1. The number of nitrogens with one attached hydrogen (secondary N) is 1. The number of hydrogen-bond acceptors (Lipinski definition) is 2. The van der Waals surface area contributed by atoms with Crippen molar-refractivity contribution in [2.24, 2.45) is 0 Å². The van der Waals surface area contributed by atoms with Crippen LogP contribution in [-0.4, -0.2) is 21.8 Å². The molecule has 0 radical (unpaired) electrons. The standard InChI is InChI=1S/C22H22N2O2/c1-14-10-15(2)20-17(11-14)12-18(21(25)23-20)13-24(19-8-9-19)22(26)16-6-4-3-5-7-16/h3-7,10-12,19H,8-9,13H2,1-2H3,(H,23,25). The van der Waals surface area contributed by atoms with Crippen molar-refractivity contribution in [1.82, 2.24) is 9.88 Å². The van der Waals surface area contributed by atoms with Gasteiger partial charge in [-0.15, -0.1) is 0 Å². The SMILES string of the molecule is Cc1cc(C)c2[nH]c(=O)c(CN(C(=O)c3ccccc3)C3CC3)cc2c1. The van der Waals surface area contributed by atoms with Gasteiger partial charge in [0.2, 0.25) is 0 Å². The molecule has 1 amide bonds. The molecule has 0 bridgehead atoms. The number of pyridine rings is 1. The lowest BCUT2D eigenvalue weighted by atomic mass is 10.0. The number of amides is 1. The highest BCUT2D eigenvalue weighted by Gasteiger charge is 2.33. The van der Waals surface area contributed by atoms with Crippen LogP contribution in [0.5, 0.6) is 0 Å². The van der Waals surface area contributed by atoms with Crippen LogP contribution >= 0.6 is 0 Å². The van der Waals surface area contributed by atoms with E-state index >= 15 is 0 Å². The number of aryl methyl sites for hydroxylation is 2. The topological polar surface area (TPSA) is 53.2 Å². The Kier molecular flexibility index (Phi) is 4.11. The van der Waals surface area contributed by atoms with Gasteiger partial charge in [-0.3, -0.25) is 9.59 Å². The van der Waals surface area contributed by atoms with Crippen LogP contribution in [0.2, 0.25) is 0 Å². The van der Waals surface area contributed by atoms with Gasteiger partial charge < -0.3 is 9.88 Å². The molecule has 1 aliphatic carbocycles. The van der Waals surface area contributed by atoms with E-state index in [1.807, 2.05) is 55.1 Å². The fraction of sp³-hybridized carbons (Fsp3) is 0.273. The van der Waals surface area contributed by atoms with Crippen LogP contribution in [0.25, 0.3) is 10.9 Å². The van der Waals surface area contributed by atoms with Crippen molar-refractivity contribution >= 4 is 16.8 Å². The molecule has 1 fully saturated rings. The van der Waals surface area contributed by atoms with Gasteiger partial charge in [0.25, 0.3) is 11.5 Å². The average Bonchev–Trinajstić information content (AvgIpc) is 3.46. The quantitative estimate of drug-likeness (QED) is 0.778. The van der Waals surface area contributed by atoms with Crippen LogP contribution in [-0.2, 0) is 6.54 Å². The Hall–Kier alpha value is -2.88. The Balaban J connectivity index is 1.71. The van der Waals surface area contributed by atoms with Crippen molar-refractivity contribution < 1.29 is 4.79 Å². The zero-order chi connectivity index (χ0) is 18.3. The van der Waals surface area contributed by atoms with Gasteiger partial charge in [-0.2, -0.15) is 0 Å². The molecule has 26 heavy (non-hydrogen) atoms. The Morgan fingerprint density at radius 1 is 1.12 bits per heavy atom. The first-order valence-corrected chi connectivity index (χ1v) is 9.02. The summed E-state index contributed by atoms with van der Waals surface area (Å²) in [5.74, 6) is -0.00646. The third kappa shape index (κ3) is 3.15. The molecule has 2 aromatic carbocycles. The monoisotopic (exact) mass is 346 g/mol. The summed E-state index contributed by atoms with van der Waals surface area (Å²) in [5, 5.41) is 1.01. The van der Waals surface area contributed by atoms with Crippen molar-refractivity contribution in [3.05, 3.63) is 81.1 Å². The van der Waals surface area contributed by atoms with Gasteiger partial charge in [-0.1, -0.05) is 29.8 Å². The summed E-state index contributed by atoms with van der Waals surface area (Å²) in [6.07, 6.45) is 2.00. The summed E-state index contributed by atoms with van der Waals surface area (Å²) in [4.78, 5) is 30.4. The second-order valence-electron chi connectivity index (χ2n) is 7.20. The molecule has 1 aromatic heterocycles. The number of fused-ring (bicyclic) bond motifs is 1. The molecular weight excluding hydrogens is 324 g/mol. The van der Waals surface area contributed by atoms with Crippen LogP contribution in [0.3, 0.4) is 0 Å². The van der Waals surface area contributed by atoms with Gasteiger partial charge in [0.1, 0.15) is 0 Å². The molecule has 132 valence electrons. The number of hydrogen-bond donors (Lipinski definition) is 1. The summed E-state index contributed by atoms with van der Waals surface area (Å²) in [5.41, 5.74) is 4.28. The summed E-state index contributed by atoms with van der Waals surface area (Å²) < 4.78 is 0. The first-order chi connectivity index (χ1) is 12.5. The van der Waals surface area contributed by atoms with Crippen molar-refractivity contribution in [3.63, 3.8) is 0 Å². The number of rotatable bonds is 4. The van der Waals surface area contributed by atoms with Crippen molar-refractivity contribution in [2.45, 2.75) is 39.3 Å². The number of H-pyrrole nitrogens is 1. The molecule has 3 aromatic rings. The number of aromatic amines is 1. The molecule has 0 atom stereocenters. The predicted molar refractivity (Wildman–Crippen MR) is 103 cm³/mol. The zero-order valence-electron chi connectivity index (χ0n) is 15.1. The molecule has 1 aliphatic rings. The second-order valence-corrected chi connectivity index (χ2v) is 7.20. The minimum atomic E-state index is -0.115. The van der Waals surface area contributed by atoms with E-state index in [9.17, 15) is 9.59 Å². The highest BCUT2D eigenvalue weighted by atomic mass is 16.2. The van der Waals surface area contributed by atoms with Crippen molar-refractivity contribution in [2.75, 3.05) is 0 Å². The van der Waals surface area contributed by atoms with Crippen LogP contribution in [0, 0.1) is 13.8 Å². The highest BCUT2D eigenvalue weighted by Crippen LogP contribution is 2.30. The van der Waals surface area contributed by atoms with Crippen LogP contribution in [0.4, 0.5) is 0 Å². The van der Waals surface area contributed by atoms with E-state index < -0.39 is 0 Å². The first-order valence-electron chi connectivity index (χ1n) is 9.02. The molecule has 0 unspecified atom stereocenters. The lowest BCUT2D eigenvalue weighted by Gasteiger charge is -2.22. The van der Waals surface area contributed by atoms with E-state index in [1.165, 1.54) is 0 Å². The van der Waals surface area contributed by atoms with Crippen LogP contribution < -0.4 is 5.56 Å². The average molecular weight is 346 g/mol. The maximum Gasteiger partial charge on any atom is 0.254 e. The highest BCUT2D eigenvalue weighted by molar-refractivity contribution is 5.94. The molecule has 4 rings (SSSR count). The Labute approximate surface area is 152 Å². The molecule has 1 saturated carbocycles. The number of carbonyl (C=O) groups excluding carboxylic acids is 1. The fourth-order valence-electron chi connectivity index (χ4n) is 3.53. The third-order valence-electron chi connectivity index (χ3n) is 4.98. The summed E-state index contributed by atoms with van der Waals surface area (Å²) in [7, 11) is 0. The molecule has 4 heteroatoms. The minimum Gasteiger partial charge on any atom is -0.331 e. The Morgan fingerprint density at radius 3 is 2.54 bits per heavy atom. The van der Waals surface area contributed by atoms with E-state index in [0.717, 1.165) is 34.9 Å². The fourth-order valence-corrected chi connectivity index (χ4v) is 3.53. The lowest BCUT2D eigenvalue weighted by molar-refractivity contribution is 0.0729. The minimum absolute atomic E-state index is 0.00646. The Bertz CT molecular complexity index is 1030. The summed E-state index contributed by atoms with van der Waals surface area (Å²) in [6.45, 7) is 4.39. The zero-order valence-corrected chi connectivity index (χ0v) is 15.1. The molecule has 0 aliphatic heterocycles. The number of carbonyl (C=O) groups is 1. The summed E-state index contributed by atoms with van der Waals surface area (Å²) >= 11 is 0. The van der Waals surface area contributed by atoms with Crippen molar-refractivity contribution in [1.29, 1.82) is 0 Å². The van der Waals surface area contributed by atoms with E-state index in [4.69, 9.17) is 0 Å². The predicted octanol–water partition coefficient (Wildman–Crippen LogP) is 3.95. The molecule has 1 N–H and O–H groups in total. The van der Waals surface area contributed by atoms with Gasteiger partial charge in [0.05, 0.1) is 12.1 Å². The van der Waals surface area contributed by atoms with Crippen LogP contribution in [0.1, 0.15) is 39.9 Å². The Morgan fingerprint density at radius 2 is 1.85 bits per heavy atom. The number of nitrogens with zero attached hydrogens (tertiary/aromatic N) is 1. The molecular formula is C22H22N2O2. The first kappa shape index (κ1) is 16.6. The number of benzene rings is 2. The van der Waals surface area contributed by atoms with Gasteiger partial charge >= 0.3 is 0 Å². The maximum absolute atomic E-state index is 12.9. The molecule has 0 saturated heterocycles. The van der Waals surface area contributed by atoms with E-state index in [-0.39, 0.29) is 17.5 Å². The summed E-state index contributed by atoms with van der Waals surface area (Å²) in [6, 6.07) is 15.6. The molecule has 1 heterocycles. The van der Waals surface area contributed by atoms with Gasteiger partial charge in [-0.05, 0) is 61.9 Å². The van der Waals surface area contributed by atoms with E-state index in [0.29, 0.717) is 17.7 Å². The maximum atomic E-state index is 12.9. The normalized spacial score (nSPS) is 13.8. The van der Waals surface area contributed by atoms with E-state index in [2.05, 4.69) is 17.1 Å². The molecule has 4 nitrogen and oxygen atoms in total. The largest absolute Gasteiger partial charge is 0.331 e. The molecule has 0 spiro atoms. The van der Waals surface area contributed by atoms with Crippen molar-refractivity contribution in [3.8, 4) is 0 Å². The van der Waals surface area contributed by atoms with E-state index in [1.54, 1.807) is 0 Å². The van der Waals surface area contributed by atoms with Crippen LogP contribution in [0.15, 0.2) is 53.3 Å². The lowest BCUT2D eigenvalue weighted by Crippen LogP contribution is -2.34.